The van der Waals surface area contributed by atoms with Crippen LogP contribution < -0.4 is 0 Å². The third-order valence-corrected chi connectivity index (χ3v) is 6.31. The lowest BCUT2D eigenvalue weighted by Gasteiger charge is -2.17. The van der Waals surface area contributed by atoms with E-state index >= 15 is 0 Å². The maximum Gasteiger partial charge on any atom is 0.162 e. The van der Waals surface area contributed by atoms with Crippen molar-refractivity contribution in [1.29, 1.82) is 0 Å². The third-order valence-electron chi connectivity index (χ3n) is 1.35. The highest BCUT2D eigenvalue weighted by atomic mass is 79.9. The summed E-state index contributed by atoms with van der Waals surface area (Å²) in [7, 11) is 0. The van der Waals surface area contributed by atoms with Crippen LogP contribution in [0.15, 0.2) is 0 Å². The van der Waals surface area contributed by atoms with E-state index in [9.17, 15) is 4.79 Å². The molecule has 4 atom stereocenters. The Kier molecular flexibility index (Phi) is 6.96. The van der Waals surface area contributed by atoms with Crippen molar-refractivity contribution in [2.24, 2.45) is 0 Å². The number of hydrogen-bond donors (Lipinski definition) is 0. The van der Waals surface area contributed by atoms with Crippen LogP contribution in [0.5, 0.6) is 0 Å². The second kappa shape index (κ2) is 6.14. The van der Waals surface area contributed by atoms with E-state index in [0.29, 0.717) is 0 Å². The highest BCUT2D eigenvalue weighted by molar-refractivity contribution is 9.13. The van der Waals surface area contributed by atoms with Crippen molar-refractivity contribution in [3.05, 3.63) is 0 Å². The number of carbonyl (C=O) groups excluding carboxylic acids is 1. The number of rotatable bonds is 4. The lowest BCUT2D eigenvalue weighted by Crippen LogP contribution is -2.33. The molecule has 0 N–H and O–H groups in total. The third kappa shape index (κ3) is 4.20. The van der Waals surface area contributed by atoms with Gasteiger partial charge in [-0.05, 0) is 0 Å². The van der Waals surface area contributed by atoms with Crippen molar-refractivity contribution in [1.82, 2.24) is 0 Å². The Morgan fingerprint density at radius 1 is 0.917 bits per heavy atom. The largest absolute Gasteiger partial charge is 0.297 e. The van der Waals surface area contributed by atoms with Crippen LogP contribution in [0, 0.1) is 0 Å². The molecule has 0 fully saturated rings. The fourth-order valence-electron chi connectivity index (χ4n) is 0.605. The number of alkyl halides is 4. The maximum absolute atomic E-state index is 11.6. The summed E-state index contributed by atoms with van der Waals surface area (Å²) < 4.78 is 0. The summed E-state index contributed by atoms with van der Waals surface area (Å²) in [6.07, 6.45) is 0. The number of Topliss-reactive ketones (excluding diaryl/α,β-unsaturated/α-hetero) is 1. The Hall–Kier alpha value is 1.59. The molecular weight excluding hydrogens is 420 g/mol. The first kappa shape index (κ1) is 13.6. The Bertz CT molecular complexity index is 141. The lowest BCUT2D eigenvalue weighted by atomic mass is 10.1. The van der Waals surface area contributed by atoms with Gasteiger partial charge in [0.05, 0.1) is 9.65 Å². The van der Waals surface area contributed by atoms with E-state index in [0.717, 1.165) is 0 Å². The average Bonchev–Trinajstić information content (AvgIpc) is 2.00. The zero-order valence-electron chi connectivity index (χ0n) is 6.73. The van der Waals surface area contributed by atoms with E-state index in [1.165, 1.54) is 0 Å². The molecule has 0 aromatic carbocycles. The van der Waals surface area contributed by atoms with Crippen molar-refractivity contribution in [3.8, 4) is 0 Å². The molecule has 0 rings (SSSR count). The average molecular weight is 430 g/mol. The van der Waals surface area contributed by atoms with E-state index < -0.39 is 0 Å². The summed E-state index contributed by atoms with van der Waals surface area (Å²) in [5.74, 6) is 0.156. The van der Waals surface area contributed by atoms with Gasteiger partial charge in [0.25, 0.3) is 0 Å². The molecule has 0 aromatic heterocycles. The molecular formula is C7H10Br4O. The molecule has 0 bridgehead atoms. The number of halogens is 4. The fourth-order valence-corrected chi connectivity index (χ4v) is 2.05. The van der Waals surface area contributed by atoms with Crippen molar-refractivity contribution in [2.75, 3.05) is 0 Å². The molecule has 0 radical (unpaired) electrons. The van der Waals surface area contributed by atoms with Gasteiger partial charge in [-0.1, -0.05) is 77.6 Å². The number of carbonyl (C=O) groups is 1. The molecule has 0 saturated heterocycles. The molecule has 0 heterocycles. The molecule has 0 aliphatic rings. The van der Waals surface area contributed by atoms with Gasteiger partial charge in [-0.2, -0.15) is 0 Å². The maximum atomic E-state index is 11.6. The second-order valence-electron chi connectivity index (χ2n) is 2.56. The van der Waals surface area contributed by atoms with Gasteiger partial charge in [-0.15, -0.1) is 0 Å². The van der Waals surface area contributed by atoms with Gasteiger partial charge in [0, 0.05) is 9.65 Å². The molecule has 0 aliphatic carbocycles. The Labute approximate surface area is 107 Å². The first-order valence-corrected chi connectivity index (χ1v) is 7.14. The van der Waals surface area contributed by atoms with Gasteiger partial charge >= 0.3 is 0 Å². The normalized spacial score (nSPS) is 21.2. The zero-order valence-corrected chi connectivity index (χ0v) is 13.1. The van der Waals surface area contributed by atoms with Crippen LogP contribution in [-0.4, -0.2) is 25.1 Å². The van der Waals surface area contributed by atoms with E-state index in [2.05, 4.69) is 63.7 Å². The van der Waals surface area contributed by atoms with E-state index in [-0.39, 0.29) is 25.1 Å². The minimum atomic E-state index is -0.137. The van der Waals surface area contributed by atoms with E-state index in [1.807, 2.05) is 13.8 Å². The molecule has 0 aliphatic heterocycles. The van der Waals surface area contributed by atoms with Crippen LogP contribution in [-0.2, 0) is 4.79 Å². The Morgan fingerprint density at radius 2 is 1.17 bits per heavy atom. The van der Waals surface area contributed by atoms with Crippen molar-refractivity contribution in [3.63, 3.8) is 0 Å². The van der Waals surface area contributed by atoms with E-state index in [1.54, 1.807) is 0 Å². The van der Waals surface area contributed by atoms with Crippen LogP contribution in [0.4, 0.5) is 0 Å². The summed E-state index contributed by atoms with van der Waals surface area (Å²) in [5, 5.41) is 0. The summed E-state index contributed by atoms with van der Waals surface area (Å²) in [6, 6.07) is 0. The molecule has 72 valence electrons. The highest BCUT2D eigenvalue weighted by Gasteiger charge is 2.28. The number of hydrogen-bond acceptors (Lipinski definition) is 1. The van der Waals surface area contributed by atoms with Gasteiger partial charge in [-0.3, -0.25) is 4.79 Å². The van der Waals surface area contributed by atoms with Crippen LogP contribution in [0.1, 0.15) is 13.8 Å². The SMILES string of the molecule is CC(Br)C(Br)C(=O)C(Br)C(C)Br. The summed E-state index contributed by atoms with van der Waals surface area (Å²) in [4.78, 5) is 11.6. The molecule has 0 saturated carbocycles. The summed E-state index contributed by atoms with van der Waals surface area (Å²) in [5.41, 5.74) is 0. The van der Waals surface area contributed by atoms with Gasteiger partial charge < -0.3 is 0 Å². The smallest absolute Gasteiger partial charge is 0.162 e. The molecule has 0 spiro atoms. The second-order valence-corrected chi connectivity index (χ2v) is 7.42. The summed E-state index contributed by atoms with van der Waals surface area (Å²) >= 11 is 13.4. The molecule has 12 heavy (non-hydrogen) atoms. The van der Waals surface area contributed by atoms with Crippen LogP contribution in [0.3, 0.4) is 0 Å². The molecule has 0 amide bonds. The molecule has 5 heteroatoms. The van der Waals surface area contributed by atoms with Crippen molar-refractivity contribution >= 4 is 69.5 Å². The monoisotopic (exact) mass is 426 g/mol. The van der Waals surface area contributed by atoms with Crippen LogP contribution >= 0.6 is 63.7 Å². The van der Waals surface area contributed by atoms with E-state index in [4.69, 9.17) is 0 Å². The molecule has 0 aromatic rings. The van der Waals surface area contributed by atoms with Crippen LogP contribution in [0.2, 0.25) is 0 Å². The molecule has 1 nitrogen and oxygen atoms in total. The first-order chi connectivity index (χ1) is 5.37. The van der Waals surface area contributed by atoms with Gasteiger partial charge in [0.2, 0.25) is 0 Å². The summed E-state index contributed by atoms with van der Waals surface area (Å²) in [6.45, 7) is 3.88. The predicted molar refractivity (Wildman–Crippen MR) is 67.2 cm³/mol. The minimum absolute atomic E-state index is 0.137. The lowest BCUT2D eigenvalue weighted by molar-refractivity contribution is -0.117. The van der Waals surface area contributed by atoms with Gasteiger partial charge in [-0.25, -0.2) is 0 Å². The quantitative estimate of drug-likeness (QED) is 0.624. The number of ketones is 1. The van der Waals surface area contributed by atoms with Crippen molar-refractivity contribution < 1.29 is 4.79 Å². The van der Waals surface area contributed by atoms with Gasteiger partial charge in [0.15, 0.2) is 5.78 Å². The minimum Gasteiger partial charge on any atom is -0.297 e. The highest BCUT2D eigenvalue weighted by Crippen LogP contribution is 2.23. The predicted octanol–water partition coefficient (Wildman–Crippen LogP) is 3.65. The van der Waals surface area contributed by atoms with Crippen molar-refractivity contribution in [2.45, 2.75) is 33.2 Å². The molecule has 4 unspecified atom stereocenters. The fraction of sp³-hybridized carbons (Fsp3) is 0.857. The van der Waals surface area contributed by atoms with Gasteiger partial charge in [0.1, 0.15) is 0 Å². The standard InChI is InChI=1S/C7H10Br4O/c1-3(8)5(10)7(12)6(11)4(2)9/h3-6H,1-2H3. The topological polar surface area (TPSA) is 17.1 Å². The van der Waals surface area contributed by atoms with Crippen LogP contribution in [0.25, 0.3) is 0 Å². The Morgan fingerprint density at radius 3 is 1.33 bits per heavy atom. The first-order valence-electron chi connectivity index (χ1n) is 3.48. The Balaban J connectivity index is 4.19. The zero-order chi connectivity index (χ0) is 9.89.